The number of rotatable bonds is 0. The van der Waals surface area contributed by atoms with E-state index < -0.39 is 5.25 Å². The van der Waals surface area contributed by atoms with Gasteiger partial charge in [0, 0.05) is 12.8 Å². The van der Waals surface area contributed by atoms with E-state index in [-0.39, 0.29) is 11.6 Å². The fourth-order valence-corrected chi connectivity index (χ4v) is 1.15. The first-order valence-corrected chi connectivity index (χ1v) is 3.47. The molecule has 2 nitrogen and oxygen atoms in total. The fraction of sp³-hybridized carbons (Fsp3) is 0.667. The summed E-state index contributed by atoms with van der Waals surface area (Å²) < 4.78 is 0. The van der Waals surface area contributed by atoms with Crippen LogP contribution in [0.1, 0.15) is 19.3 Å². The lowest BCUT2D eigenvalue weighted by molar-refractivity contribution is -0.128. The molecule has 0 spiro atoms. The highest BCUT2D eigenvalue weighted by Gasteiger charge is 2.25. The van der Waals surface area contributed by atoms with Crippen LogP contribution in [0.25, 0.3) is 0 Å². The van der Waals surface area contributed by atoms with Crippen LogP contribution in [0.2, 0.25) is 0 Å². The van der Waals surface area contributed by atoms with Crippen molar-refractivity contribution in [3.8, 4) is 0 Å². The van der Waals surface area contributed by atoms with Crippen molar-refractivity contribution in [2.24, 2.45) is 0 Å². The summed E-state index contributed by atoms with van der Waals surface area (Å²) in [5.41, 5.74) is 0. The van der Waals surface area contributed by atoms with E-state index >= 15 is 0 Å². The van der Waals surface area contributed by atoms with Gasteiger partial charge in [0.15, 0.2) is 11.6 Å². The molecule has 0 unspecified atom stereocenters. The highest BCUT2D eigenvalue weighted by atomic mass is 32.1. The lowest BCUT2D eigenvalue weighted by atomic mass is 9.98. The molecule has 1 aliphatic rings. The monoisotopic (exact) mass is 144 g/mol. The Morgan fingerprint density at radius 1 is 1.22 bits per heavy atom. The average Bonchev–Trinajstić information content (AvgIpc) is 1.83. The van der Waals surface area contributed by atoms with Crippen LogP contribution in [0.5, 0.6) is 0 Å². The van der Waals surface area contributed by atoms with Crippen molar-refractivity contribution in [3.63, 3.8) is 0 Å². The van der Waals surface area contributed by atoms with E-state index in [9.17, 15) is 9.59 Å². The first-order chi connectivity index (χ1) is 4.22. The zero-order chi connectivity index (χ0) is 6.85. The maximum Gasteiger partial charge on any atom is 0.153 e. The summed E-state index contributed by atoms with van der Waals surface area (Å²) in [5.74, 6) is -0.0378. The van der Waals surface area contributed by atoms with Crippen LogP contribution in [0, 0.1) is 0 Å². The van der Waals surface area contributed by atoms with Crippen LogP contribution in [0.4, 0.5) is 0 Å². The molecule has 0 aromatic carbocycles. The highest BCUT2D eigenvalue weighted by molar-refractivity contribution is 7.82. The van der Waals surface area contributed by atoms with Crippen LogP contribution in [0.15, 0.2) is 0 Å². The van der Waals surface area contributed by atoms with Gasteiger partial charge < -0.3 is 0 Å². The molecule has 0 atom stereocenters. The second-order valence-electron chi connectivity index (χ2n) is 2.19. The predicted octanol–water partition coefficient (Wildman–Crippen LogP) is 0.607. The Hall–Kier alpha value is -0.310. The normalized spacial score (nSPS) is 22.8. The van der Waals surface area contributed by atoms with Gasteiger partial charge in [-0.2, -0.15) is 12.6 Å². The SMILES string of the molecule is O=C1CCCC(=O)C1S. The van der Waals surface area contributed by atoms with Crippen molar-refractivity contribution in [3.05, 3.63) is 0 Å². The predicted molar refractivity (Wildman–Crippen MR) is 36.6 cm³/mol. The maximum absolute atomic E-state index is 10.7. The molecule has 0 heterocycles. The van der Waals surface area contributed by atoms with E-state index in [0.29, 0.717) is 19.3 Å². The third-order valence-corrected chi connectivity index (χ3v) is 2.03. The first-order valence-electron chi connectivity index (χ1n) is 2.95. The Bertz CT molecular complexity index is 137. The van der Waals surface area contributed by atoms with Crippen molar-refractivity contribution in [2.45, 2.75) is 24.5 Å². The van der Waals surface area contributed by atoms with Gasteiger partial charge in [0.05, 0.1) is 0 Å². The maximum atomic E-state index is 10.7. The Balaban J connectivity index is 2.62. The summed E-state index contributed by atoms with van der Waals surface area (Å²) in [7, 11) is 0. The summed E-state index contributed by atoms with van der Waals surface area (Å²) in [6.45, 7) is 0. The van der Waals surface area contributed by atoms with Gasteiger partial charge in [0.1, 0.15) is 5.25 Å². The molecule has 1 saturated carbocycles. The zero-order valence-corrected chi connectivity index (χ0v) is 5.86. The number of hydrogen-bond acceptors (Lipinski definition) is 3. The molecule has 0 amide bonds. The quantitative estimate of drug-likeness (QED) is 0.399. The van der Waals surface area contributed by atoms with E-state index in [1.165, 1.54) is 0 Å². The second kappa shape index (κ2) is 2.52. The minimum atomic E-state index is -0.612. The molecular weight excluding hydrogens is 136 g/mol. The molecule has 1 fully saturated rings. The molecule has 3 heteroatoms. The molecule has 0 bridgehead atoms. The molecule has 0 aromatic heterocycles. The number of carbonyl (C=O) groups excluding carboxylic acids is 2. The third kappa shape index (κ3) is 1.33. The molecule has 1 rings (SSSR count). The highest BCUT2D eigenvalue weighted by Crippen LogP contribution is 2.14. The molecule has 0 aliphatic heterocycles. The molecule has 9 heavy (non-hydrogen) atoms. The molecule has 0 aromatic rings. The lowest BCUT2D eigenvalue weighted by Gasteiger charge is -2.12. The van der Waals surface area contributed by atoms with Gasteiger partial charge in [-0.1, -0.05) is 0 Å². The van der Waals surface area contributed by atoms with Gasteiger partial charge in [0.2, 0.25) is 0 Å². The minimum Gasteiger partial charge on any atom is -0.298 e. The van der Waals surface area contributed by atoms with Crippen molar-refractivity contribution in [2.75, 3.05) is 0 Å². The molecule has 0 saturated heterocycles. The number of ketones is 2. The van der Waals surface area contributed by atoms with Crippen LogP contribution in [0.3, 0.4) is 0 Å². The molecular formula is C6H8O2S. The van der Waals surface area contributed by atoms with Gasteiger partial charge in [-0.15, -0.1) is 0 Å². The first kappa shape index (κ1) is 6.81. The summed E-state index contributed by atoms with van der Waals surface area (Å²) in [6, 6.07) is 0. The van der Waals surface area contributed by atoms with Crippen molar-refractivity contribution in [1.82, 2.24) is 0 Å². The largest absolute Gasteiger partial charge is 0.298 e. The molecule has 0 radical (unpaired) electrons. The number of carbonyl (C=O) groups is 2. The fourth-order valence-electron chi connectivity index (χ4n) is 0.890. The van der Waals surface area contributed by atoms with Gasteiger partial charge >= 0.3 is 0 Å². The average molecular weight is 144 g/mol. The van der Waals surface area contributed by atoms with Crippen molar-refractivity contribution < 1.29 is 9.59 Å². The number of thiol groups is 1. The van der Waals surface area contributed by atoms with Crippen molar-refractivity contribution in [1.29, 1.82) is 0 Å². The topological polar surface area (TPSA) is 34.1 Å². The number of hydrogen-bond donors (Lipinski definition) is 1. The van der Waals surface area contributed by atoms with Gasteiger partial charge in [-0.3, -0.25) is 9.59 Å². The molecule has 50 valence electrons. The zero-order valence-electron chi connectivity index (χ0n) is 4.96. The summed E-state index contributed by atoms with van der Waals surface area (Å²) in [4.78, 5) is 21.4. The van der Waals surface area contributed by atoms with E-state index in [1.54, 1.807) is 0 Å². The minimum absolute atomic E-state index is 0.0189. The molecule has 1 aliphatic carbocycles. The van der Waals surface area contributed by atoms with E-state index in [2.05, 4.69) is 12.6 Å². The standard InChI is InChI=1S/C6H8O2S/c7-4-2-1-3-5(8)6(4)9/h6,9H,1-3H2. The van der Waals surface area contributed by atoms with Gasteiger partial charge in [-0.05, 0) is 6.42 Å². The Morgan fingerprint density at radius 2 is 1.67 bits per heavy atom. The van der Waals surface area contributed by atoms with E-state index in [0.717, 1.165) is 0 Å². The Kier molecular flexibility index (Phi) is 1.90. The van der Waals surface area contributed by atoms with E-state index in [4.69, 9.17) is 0 Å². The van der Waals surface area contributed by atoms with E-state index in [1.807, 2.05) is 0 Å². The van der Waals surface area contributed by atoms with Crippen LogP contribution in [-0.2, 0) is 9.59 Å². The van der Waals surface area contributed by atoms with Crippen LogP contribution < -0.4 is 0 Å². The smallest absolute Gasteiger partial charge is 0.153 e. The second-order valence-corrected chi connectivity index (χ2v) is 2.71. The third-order valence-electron chi connectivity index (χ3n) is 1.46. The Labute approximate surface area is 59.0 Å². The number of Topliss-reactive ketones (excluding diaryl/α,β-unsaturated/α-hetero) is 2. The van der Waals surface area contributed by atoms with Crippen molar-refractivity contribution >= 4 is 24.2 Å². The summed E-state index contributed by atoms with van der Waals surface area (Å²) in [5, 5.41) is -0.612. The van der Waals surface area contributed by atoms with Crippen LogP contribution >= 0.6 is 12.6 Å². The summed E-state index contributed by atoms with van der Waals surface area (Å²) in [6.07, 6.45) is 1.77. The van der Waals surface area contributed by atoms with Crippen LogP contribution in [-0.4, -0.2) is 16.8 Å². The van der Waals surface area contributed by atoms with Gasteiger partial charge in [0.25, 0.3) is 0 Å². The lowest BCUT2D eigenvalue weighted by Crippen LogP contribution is -2.28. The molecule has 0 N–H and O–H groups in total. The van der Waals surface area contributed by atoms with Gasteiger partial charge in [-0.25, -0.2) is 0 Å². The Morgan fingerprint density at radius 3 is 2.00 bits per heavy atom. The summed E-state index contributed by atoms with van der Waals surface area (Å²) >= 11 is 3.85.